The van der Waals surface area contributed by atoms with Gasteiger partial charge in [-0.25, -0.2) is 4.98 Å². The predicted octanol–water partition coefficient (Wildman–Crippen LogP) is 2.99. The Kier molecular flexibility index (Phi) is 4.02. The van der Waals surface area contributed by atoms with Crippen LogP contribution >= 0.6 is 11.6 Å². The molecular weight excluding hydrogens is 302 g/mol. The number of halogens is 1. The van der Waals surface area contributed by atoms with Gasteiger partial charge >= 0.3 is 0 Å². The number of nitrogens with one attached hydrogen (secondary N) is 2. The Morgan fingerprint density at radius 3 is 2.95 bits per heavy atom. The van der Waals surface area contributed by atoms with Crippen LogP contribution in [0.3, 0.4) is 0 Å². The average molecular weight is 316 g/mol. The summed E-state index contributed by atoms with van der Waals surface area (Å²) in [4.78, 5) is 16.5. The molecule has 1 aliphatic carbocycles. The van der Waals surface area contributed by atoms with Crippen LogP contribution in [0.1, 0.15) is 28.9 Å². The van der Waals surface area contributed by atoms with Crippen LogP contribution in [-0.4, -0.2) is 27.1 Å². The van der Waals surface area contributed by atoms with Crippen LogP contribution in [0.25, 0.3) is 6.08 Å². The third-order valence-electron chi connectivity index (χ3n) is 3.17. The summed E-state index contributed by atoms with van der Waals surface area (Å²) in [5.74, 6) is 0.287. The second-order valence-electron chi connectivity index (χ2n) is 4.98. The van der Waals surface area contributed by atoms with Crippen molar-refractivity contribution in [3.05, 3.63) is 47.4 Å². The molecule has 0 spiro atoms. The number of hydrogen-bond donors (Lipinski definition) is 2. The normalized spacial score (nSPS) is 13.5. The van der Waals surface area contributed by atoms with E-state index in [1.807, 2.05) is 0 Å². The second-order valence-corrected chi connectivity index (χ2v) is 5.36. The Balaban J connectivity index is 1.82. The maximum Gasteiger partial charge on any atom is 0.257 e. The molecule has 1 fully saturated rings. The lowest BCUT2D eigenvalue weighted by molar-refractivity contribution is 0.102. The smallest absolute Gasteiger partial charge is 0.257 e. The number of carbonyl (C=O) groups excluding carboxylic acids is 1. The molecule has 2 heterocycles. The zero-order valence-corrected chi connectivity index (χ0v) is 12.5. The van der Waals surface area contributed by atoms with E-state index in [0.29, 0.717) is 34.0 Å². The third-order valence-corrected chi connectivity index (χ3v) is 3.38. The molecule has 0 unspecified atom stereocenters. The van der Waals surface area contributed by atoms with Gasteiger partial charge in [-0.15, -0.1) is 0 Å². The van der Waals surface area contributed by atoms with Crippen LogP contribution in [0.5, 0.6) is 0 Å². The number of nitrogens with zero attached hydrogens (tertiary/aromatic N) is 3. The molecular formula is C15H14ClN5O. The minimum Gasteiger partial charge on any atom is -0.366 e. The quantitative estimate of drug-likeness (QED) is 0.829. The average Bonchev–Trinajstić information content (AvgIpc) is 3.34. The SMILES string of the molecule is C=Cc1cc(C(=O)Nc2ccc(Cl)nc2NC2CC2)cnn1. The molecule has 0 aliphatic heterocycles. The molecule has 0 aromatic carbocycles. The van der Waals surface area contributed by atoms with Crippen LogP contribution in [0.15, 0.2) is 31.0 Å². The highest BCUT2D eigenvalue weighted by atomic mass is 35.5. The van der Waals surface area contributed by atoms with E-state index in [0.717, 1.165) is 12.8 Å². The molecule has 0 bridgehead atoms. The number of carbonyl (C=O) groups is 1. The van der Waals surface area contributed by atoms with Crippen LogP contribution in [0.4, 0.5) is 11.5 Å². The van der Waals surface area contributed by atoms with Crippen molar-refractivity contribution in [1.29, 1.82) is 0 Å². The highest BCUT2D eigenvalue weighted by Gasteiger charge is 2.23. The zero-order chi connectivity index (χ0) is 15.5. The maximum absolute atomic E-state index is 12.3. The molecule has 0 atom stereocenters. The minimum atomic E-state index is -0.291. The van der Waals surface area contributed by atoms with E-state index in [2.05, 4.69) is 32.4 Å². The predicted molar refractivity (Wildman–Crippen MR) is 86.0 cm³/mol. The molecule has 112 valence electrons. The molecule has 0 radical (unpaired) electrons. The highest BCUT2D eigenvalue weighted by molar-refractivity contribution is 6.29. The lowest BCUT2D eigenvalue weighted by Crippen LogP contribution is -2.15. The molecule has 1 amide bonds. The summed E-state index contributed by atoms with van der Waals surface area (Å²) in [7, 11) is 0. The number of rotatable bonds is 5. The number of hydrogen-bond acceptors (Lipinski definition) is 5. The van der Waals surface area contributed by atoms with Gasteiger partial charge in [-0.1, -0.05) is 18.2 Å². The van der Waals surface area contributed by atoms with Crippen molar-refractivity contribution in [3.8, 4) is 0 Å². The van der Waals surface area contributed by atoms with Crippen LogP contribution in [0.2, 0.25) is 5.15 Å². The van der Waals surface area contributed by atoms with Gasteiger partial charge in [0.15, 0.2) is 5.82 Å². The lowest BCUT2D eigenvalue weighted by Gasteiger charge is -2.12. The van der Waals surface area contributed by atoms with Crippen molar-refractivity contribution in [2.24, 2.45) is 0 Å². The van der Waals surface area contributed by atoms with Gasteiger partial charge < -0.3 is 10.6 Å². The van der Waals surface area contributed by atoms with Crippen LogP contribution < -0.4 is 10.6 Å². The Morgan fingerprint density at radius 2 is 2.23 bits per heavy atom. The summed E-state index contributed by atoms with van der Waals surface area (Å²) in [5, 5.41) is 14.1. The topological polar surface area (TPSA) is 79.8 Å². The Bertz CT molecular complexity index is 730. The van der Waals surface area contributed by atoms with Crippen molar-refractivity contribution in [2.75, 3.05) is 10.6 Å². The molecule has 2 aromatic rings. The van der Waals surface area contributed by atoms with Gasteiger partial charge in [-0.2, -0.15) is 10.2 Å². The Morgan fingerprint density at radius 1 is 1.41 bits per heavy atom. The first-order valence-corrected chi connectivity index (χ1v) is 7.23. The third kappa shape index (κ3) is 3.40. The van der Waals surface area contributed by atoms with E-state index >= 15 is 0 Å². The number of anilines is 2. The largest absolute Gasteiger partial charge is 0.366 e. The van der Waals surface area contributed by atoms with Crippen molar-refractivity contribution in [1.82, 2.24) is 15.2 Å². The lowest BCUT2D eigenvalue weighted by atomic mass is 10.2. The van der Waals surface area contributed by atoms with Crippen LogP contribution in [0, 0.1) is 0 Å². The molecule has 1 saturated carbocycles. The molecule has 7 heteroatoms. The van der Waals surface area contributed by atoms with Crippen molar-refractivity contribution in [3.63, 3.8) is 0 Å². The fraction of sp³-hybridized carbons (Fsp3) is 0.200. The van der Waals surface area contributed by atoms with Gasteiger partial charge in [0.25, 0.3) is 5.91 Å². The summed E-state index contributed by atoms with van der Waals surface area (Å²) in [6, 6.07) is 5.37. The number of aromatic nitrogens is 3. The number of amides is 1. The van der Waals surface area contributed by atoms with Crippen molar-refractivity contribution in [2.45, 2.75) is 18.9 Å². The first kappa shape index (κ1) is 14.5. The van der Waals surface area contributed by atoms with Crippen molar-refractivity contribution < 1.29 is 4.79 Å². The molecule has 6 nitrogen and oxygen atoms in total. The summed E-state index contributed by atoms with van der Waals surface area (Å²) in [6.07, 6.45) is 5.13. The van der Waals surface area contributed by atoms with Gasteiger partial charge in [0, 0.05) is 6.04 Å². The fourth-order valence-corrected chi connectivity index (χ4v) is 2.02. The van der Waals surface area contributed by atoms with Gasteiger partial charge in [0.05, 0.1) is 23.1 Å². The van der Waals surface area contributed by atoms with Crippen molar-refractivity contribution >= 4 is 35.1 Å². The molecule has 0 saturated heterocycles. The number of pyridine rings is 1. The van der Waals surface area contributed by atoms with Gasteiger partial charge in [-0.05, 0) is 37.1 Å². The van der Waals surface area contributed by atoms with Gasteiger partial charge in [0.2, 0.25) is 0 Å². The summed E-state index contributed by atoms with van der Waals surface area (Å²) >= 11 is 5.92. The van der Waals surface area contributed by atoms with Crippen LogP contribution in [-0.2, 0) is 0 Å². The molecule has 2 aromatic heterocycles. The van der Waals surface area contributed by atoms with E-state index in [4.69, 9.17) is 11.6 Å². The van der Waals surface area contributed by atoms with E-state index < -0.39 is 0 Å². The standard InChI is InChI=1S/C15H14ClN5O/c1-2-10-7-9(8-17-21-10)15(22)19-12-5-6-13(16)20-14(12)18-11-3-4-11/h2,5-8,11H,1,3-4H2,(H,18,20)(H,19,22). The first-order chi connectivity index (χ1) is 10.7. The van der Waals surface area contributed by atoms with E-state index in [1.54, 1.807) is 18.2 Å². The second kappa shape index (κ2) is 6.11. The zero-order valence-electron chi connectivity index (χ0n) is 11.7. The Hall–Kier alpha value is -2.47. The molecule has 22 heavy (non-hydrogen) atoms. The summed E-state index contributed by atoms with van der Waals surface area (Å²) in [5.41, 5.74) is 1.52. The Labute approximate surface area is 132 Å². The molecule has 3 rings (SSSR count). The molecule has 2 N–H and O–H groups in total. The maximum atomic E-state index is 12.3. The molecule has 1 aliphatic rings. The fourth-order valence-electron chi connectivity index (χ4n) is 1.87. The van der Waals surface area contributed by atoms with Gasteiger partial charge in [-0.3, -0.25) is 4.79 Å². The highest BCUT2D eigenvalue weighted by Crippen LogP contribution is 2.29. The minimum absolute atomic E-state index is 0.291. The van der Waals surface area contributed by atoms with Gasteiger partial charge in [0.1, 0.15) is 5.15 Å². The summed E-state index contributed by atoms with van der Waals surface area (Å²) < 4.78 is 0. The summed E-state index contributed by atoms with van der Waals surface area (Å²) in [6.45, 7) is 3.61. The van der Waals surface area contributed by atoms with E-state index in [-0.39, 0.29) is 5.91 Å². The van der Waals surface area contributed by atoms with E-state index in [1.165, 1.54) is 12.3 Å². The first-order valence-electron chi connectivity index (χ1n) is 6.85. The monoisotopic (exact) mass is 315 g/mol. The van der Waals surface area contributed by atoms with E-state index in [9.17, 15) is 4.79 Å².